The molecule has 2 heterocycles. The van der Waals surface area contributed by atoms with E-state index in [-0.39, 0.29) is 23.1 Å². The fourth-order valence-corrected chi connectivity index (χ4v) is 6.06. The molecule has 1 aromatic heterocycles. The van der Waals surface area contributed by atoms with Gasteiger partial charge in [0.2, 0.25) is 11.1 Å². The second kappa shape index (κ2) is 14.2. The van der Waals surface area contributed by atoms with Crippen molar-refractivity contribution in [2.24, 2.45) is 0 Å². The predicted octanol–water partition coefficient (Wildman–Crippen LogP) is 8.18. The lowest BCUT2D eigenvalue weighted by Gasteiger charge is -2.29. The topological polar surface area (TPSA) is 90.3 Å². The first kappa shape index (κ1) is 31.4. The number of benzene rings is 3. The first-order valence-corrected chi connectivity index (χ1v) is 15.9. The molecule has 0 bridgehead atoms. The van der Waals surface area contributed by atoms with Gasteiger partial charge in [0.25, 0.3) is 5.91 Å². The van der Waals surface area contributed by atoms with Crippen LogP contribution in [0.2, 0.25) is 5.02 Å². The third-order valence-corrected chi connectivity index (χ3v) is 8.38. The van der Waals surface area contributed by atoms with Crippen LogP contribution in [0.1, 0.15) is 56.3 Å². The van der Waals surface area contributed by atoms with Gasteiger partial charge in [0.05, 0.1) is 17.2 Å². The number of carbonyl (C=O) groups is 1. The Morgan fingerprint density at radius 1 is 1.09 bits per heavy atom. The van der Waals surface area contributed by atoms with Crippen molar-refractivity contribution in [3.63, 3.8) is 0 Å². The first-order valence-electron chi connectivity index (χ1n) is 14.6. The second-order valence-corrected chi connectivity index (χ2v) is 11.9. The van der Waals surface area contributed by atoms with Crippen molar-refractivity contribution >= 4 is 40.9 Å². The van der Waals surface area contributed by atoms with E-state index < -0.39 is 11.9 Å². The standard InChI is InChI=1S/C33H35ClFN5O3S/c1-5-7-16-44-33-38-32-36-21(4)29(31(41)37-23-11-8-10-20(3)17-23)30(40(32)39-33)22-14-15-27(28(18-22)42-6-2)43-19-24-25(34)12-9-13-26(24)35/h8-15,17-18,30H,5-7,16,19H2,1-4H3,(H,37,41)(H,36,38,39). The molecule has 0 radical (unpaired) electrons. The highest BCUT2D eigenvalue weighted by atomic mass is 35.5. The summed E-state index contributed by atoms with van der Waals surface area (Å²) in [4.78, 5) is 18.6. The van der Waals surface area contributed by atoms with E-state index in [1.54, 1.807) is 34.6 Å². The van der Waals surface area contributed by atoms with Crippen molar-refractivity contribution in [3.05, 3.63) is 99.5 Å². The van der Waals surface area contributed by atoms with Gasteiger partial charge in [0, 0.05) is 22.7 Å². The Hall–Kier alpha value is -4.02. The van der Waals surface area contributed by atoms with Crippen LogP contribution in [0.15, 0.2) is 77.1 Å². The van der Waals surface area contributed by atoms with E-state index in [1.165, 1.54) is 6.07 Å². The highest BCUT2D eigenvalue weighted by Crippen LogP contribution is 2.40. The highest BCUT2D eigenvalue weighted by molar-refractivity contribution is 7.99. The second-order valence-electron chi connectivity index (χ2n) is 10.4. The van der Waals surface area contributed by atoms with E-state index in [1.807, 2.05) is 57.2 Å². The Morgan fingerprint density at radius 3 is 2.66 bits per heavy atom. The molecule has 1 aliphatic rings. The van der Waals surface area contributed by atoms with Gasteiger partial charge < -0.3 is 20.1 Å². The number of anilines is 2. The summed E-state index contributed by atoms with van der Waals surface area (Å²) in [6.07, 6.45) is 2.12. The van der Waals surface area contributed by atoms with Crippen LogP contribution in [0.5, 0.6) is 11.5 Å². The lowest BCUT2D eigenvalue weighted by atomic mass is 9.94. The van der Waals surface area contributed by atoms with Crippen molar-refractivity contribution < 1.29 is 18.7 Å². The first-order chi connectivity index (χ1) is 21.3. The number of amides is 1. The number of hydrogen-bond donors (Lipinski definition) is 2. The molecule has 1 aliphatic heterocycles. The maximum Gasteiger partial charge on any atom is 0.255 e. The zero-order chi connectivity index (χ0) is 31.2. The monoisotopic (exact) mass is 635 g/mol. The third-order valence-electron chi connectivity index (χ3n) is 7.10. The molecule has 230 valence electrons. The summed E-state index contributed by atoms with van der Waals surface area (Å²) in [5, 5.41) is 12.1. The number of halogens is 2. The minimum Gasteiger partial charge on any atom is -0.490 e. The minimum absolute atomic E-state index is 0.0764. The zero-order valence-corrected chi connectivity index (χ0v) is 26.7. The number of fused-ring (bicyclic) bond motifs is 1. The van der Waals surface area contributed by atoms with Crippen molar-refractivity contribution in [1.82, 2.24) is 14.8 Å². The van der Waals surface area contributed by atoms with Crippen molar-refractivity contribution in [2.45, 2.75) is 58.3 Å². The predicted molar refractivity (Wildman–Crippen MR) is 173 cm³/mol. The van der Waals surface area contributed by atoms with Crippen LogP contribution in [-0.4, -0.2) is 33.0 Å². The lowest BCUT2D eigenvalue weighted by Crippen LogP contribution is -2.31. The maximum atomic E-state index is 14.4. The van der Waals surface area contributed by atoms with Crippen LogP contribution in [0.25, 0.3) is 0 Å². The van der Waals surface area contributed by atoms with E-state index in [0.29, 0.717) is 46.2 Å². The molecule has 44 heavy (non-hydrogen) atoms. The van der Waals surface area contributed by atoms with Gasteiger partial charge in [-0.3, -0.25) is 4.79 Å². The van der Waals surface area contributed by atoms with Gasteiger partial charge in [-0.1, -0.05) is 61.0 Å². The number of aromatic nitrogens is 3. The number of thioether (sulfide) groups is 1. The van der Waals surface area contributed by atoms with Gasteiger partial charge in [-0.05, 0) is 74.7 Å². The summed E-state index contributed by atoms with van der Waals surface area (Å²) >= 11 is 7.80. The summed E-state index contributed by atoms with van der Waals surface area (Å²) in [5.74, 6) is 1.60. The molecule has 8 nitrogen and oxygen atoms in total. The molecule has 11 heteroatoms. The van der Waals surface area contributed by atoms with E-state index in [9.17, 15) is 9.18 Å². The van der Waals surface area contributed by atoms with Gasteiger partial charge >= 0.3 is 0 Å². The quantitative estimate of drug-likeness (QED) is 0.120. The Morgan fingerprint density at radius 2 is 1.91 bits per heavy atom. The molecule has 2 N–H and O–H groups in total. The number of carbonyl (C=O) groups excluding carboxylic acids is 1. The van der Waals surface area contributed by atoms with Crippen LogP contribution in [0.3, 0.4) is 0 Å². The number of nitrogens with zero attached hydrogens (tertiary/aromatic N) is 3. The van der Waals surface area contributed by atoms with Crippen LogP contribution in [-0.2, 0) is 11.4 Å². The summed E-state index contributed by atoms with van der Waals surface area (Å²) < 4.78 is 28.1. The molecule has 1 amide bonds. The largest absolute Gasteiger partial charge is 0.490 e. The smallest absolute Gasteiger partial charge is 0.255 e. The van der Waals surface area contributed by atoms with Crippen LogP contribution >= 0.6 is 23.4 Å². The normalized spacial score (nSPS) is 14.2. The van der Waals surface area contributed by atoms with E-state index in [4.69, 9.17) is 31.2 Å². The summed E-state index contributed by atoms with van der Waals surface area (Å²) in [7, 11) is 0. The van der Waals surface area contributed by atoms with E-state index in [2.05, 4.69) is 17.6 Å². The average Bonchev–Trinajstić information content (AvgIpc) is 3.39. The molecule has 4 aromatic rings. The van der Waals surface area contributed by atoms with Crippen molar-refractivity contribution in [2.75, 3.05) is 23.0 Å². The van der Waals surface area contributed by atoms with Crippen molar-refractivity contribution in [1.29, 1.82) is 0 Å². The van der Waals surface area contributed by atoms with E-state index >= 15 is 0 Å². The van der Waals surface area contributed by atoms with Gasteiger partial charge in [0.15, 0.2) is 11.5 Å². The molecule has 5 rings (SSSR count). The third kappa shape index (κ3) is 7.03. The minimum atomic E-state index is -0.613. The number of aryl methyl sites for hydroxylation is 1. The Labute approximate surface area is 266 Å². The molecule has 0 fully saturated rings. The molecule has 1 atom stereocenters. The van der Waals surface area contributed by atoms with Gasteiger partial charge in [-0.25, -0.2) is 9.07 Å². The van der Waals surface area contributed by atoms with Crippen LogP contribution < -0.4 is 20.1 Å². The zero-order valence-electron chi connectivity index (χ0n) is 25.1. The molecule has 1 unspecified atom stereocenters. The maximum absolute atomic E-state index is 14.4. The molecule has 0 saturated heterocycles. The molecule has 3 aromatic carbocycles. The molecular weight excluding hydrogens is 601 g/mol. The molecule has 0 saturated carbocycles. The number of rotatable bonds is 12. The highest BCUT2D eigenvalue weighted by Gasteiger charge is 2.35. The lowest BCUT2D eigenvalue weighted by molar-refractivity contribution is -0.113. The molecule has 0 spiro atoms. The molecule has 0 aliphatic carbocycles. The van der Waals surface area contributed by atoms with Gasteiger partial charge in [0.1, 0.15) is 18.5 Å². The fraction of sp³-hybridized carbons (Fsp3) is 0.303. The van der Waals surface area contributed by atoms with Crippen LogP contribution in [0, 0.1) is 12.7 Å². The average molecular weight is 636 g/mol. The number of ether oxygens (including phenoxy) is 2. The van der Waals surface area contributed by atoms with Gasteiger partial charge in [-0.2, -0.15) is 4.98 Å². The fourth-order valence-electron chi connectivity index (χ4n) is 4.93. The number of unbranched alkanes of at least 4 members (excludes halogenated alkanes) is 1. The van der Waals surface area contributed by atoms with E-state index in [0.717, 1.165) is 29.7 Å². The summed E-state index contributed by atoms with van der Waals surface area (Å²) in [6.45, 7) is 8.14. The number of hydrogen-bond acceptors (Lipinski definition) is 7. The van der Waals surface area contributed by atoms with Gasteiger partial charge in [-0.15, -0.1) is 5.10 Å². The number of nitrogens with one attached hydrogen (secondary N) is 2. The Kier molecular flexibility index (Phi) is 10.1. The van der Waals surface area contributed by atoms with Crippen molar-refractivity contribution in [3.8, 4) is 11.5 Å². The summed E-state index contributed by atoms with van der Waals surface area (Å²) in [6, 6.07) is 17.0. The summed E-state index contributed by atoms with van der Waals surface area (Å²) in [5.41, 5.74) is 3.89. The van der Waals surface area contributed by atoms with Crippen LogP contribution in [0.4, 0.5) is 16.0 Å². The molecular formula is C33H35ClFN5O3S. The Bertz CT molecular complexity index is 1670. The Balaban J connectivity index is 1.53. The number of allylic oxidation sites excluding steroid dienone is 1. The SMILES string of the molecule is CCCCSc1nc2n(n1)C(c1ccc(OCc3c(F)cccc3Cl)c(OCC)c1)C(C(=O)Nc1cccc(C)c1)=C(C)N2.